The molecule has 7 heteroatoms. The van der Waals surface area contributed by atoms with E-state index in [9.17, 15) is 13.2 Å². The summed E-state index contributed by atoms with van der Waals surface area (Å²) in [6.45, 7) is 2.65. The van der Waals surface area contributed by atoms with Crippen LogP contribution in [0.5, 0.6) is 0 Å². The number of rotatable bonds is 6. The van der Waals surface area contributed by atoms with Gasteiger partial charge in [-0.3, -0.25) is 4.68 Å². The lowest BCUT2D eigenvalue weighted by Crippen LogP contribution is -2.25. The van der Waals surface area contributed by atoms with Crippen LogP contribution in [0.15, 0.2) is 18.5 Å². The minimum atomic E-state index is -1.45. The molecule has 1 unspecified atom stereocenters. The summed E-state index contributed by atoms with van der Waals surface area (Å²) in [6, 6.07) is 1.67. The number of nitrogens with zero attached hydrogens (tertiary/aromatic N) is 3. The van der Waals surface area contributed by atoms with E-state index in [2.05, 4.69) is 15.4 Å². The van der Waals surface area contributed by atoms with Gasteiger partial charge in [0.15, 0.2) is 17.5 Å². The van der Waals surface area contributed by atoms with Gasteiger partial charge in [-0.15, -0.1) is 0 Å². The maximum atomic E-state index is 13.4. The van der Waals surface area contributed by atoms with Crippen LogP contribution < -0.4 is 5.32 Å². The van der Waals surface area contributed by atoms with Crippen molar-refractivity contribution in [2.24, 2.45) is 7.05 Å². The molecule has 0 spiro atoms. The zero-order valence-electron chi connectivity index (χ0n) is 11.9. The first-order valence-corrected chi connectivity index (χ1v) is 6.73. The highest BCUT2D eigenvalue weighted by Crippen LogP contribution is 2.22. The van der Waals surface area contributed by atoms with Gasteiger partial charge in [0, 0.05) is 19.5 Å². The molecule has 1 N–H and O–H groups in total. The average Bonchev–Trinajstić information content (AvgIpc) is 2.85. The molecule has 0 amide bonds. The molecule has 1 atom stereocenters. The number of hydrogen-bond donors (Lipinski definition) is 1. The molecule has 2 aromatic rings. The first kappa shape index (κ1) is 15.5. The Kier molecular flexibility index (Phi) is 4.95. The van der Waals surface area contributed by atoms with Gasteiger partial charge in [-0.2, -0.15) is 5.10 Å². The topological polar surface area (TPSA) is 42.7 Å². The van der Waals surface area contributed by atoms with E-state index in [0.717, 1.165) is 18.6 Å². The summed E-state index contributed by atoms with van der Waals surface area (Å²) in [5.74, 6) is -3.15. The summed E-state index contributed by atoms with van der Waals surface area (Å²) >= 11 is 0. The molecule has 4 nitrogen and oxygen atoms in total. The molecule has 21 heavy (non-hydrogen) atoms. The molecule has 1 aromatic carbocycles. The van der Waals surface area contributed by atoms with Crippen LogP contribution in [0.2, 0.25) is 0 Å². The van der Waals surface area contributed by atoms with E-state index in [1.165, 1.54) is 6.33 Å². The summed E-state index contributed by atoms with van der Waals surface area (Å²) in [7, 11) is 1.74. The van der Waals surface area contributed by atoms with Crippen molar-refractivity contribution in [2.45, 2.75) is 25.8 Å². The van der Waals surface area contributed by atoms with Crippen LogP contribution in [-0.4, -0.2) is 21.3 Å². The largest absolute Gasteiger partial charge is 0.310 e. The van der Waals surface area contributed by atoms with Crippen LogP contribution in [0.3, 0.4) is 0 Å². The van der Waals surface area contributed by atoms with Crippen LogP contribution >= 0.6 is 0 Å². The third-order valence-corrected chi connectivity index (χ3v) is 3.24. The molecule has 1 heterocycles. The Morgan fingerprint density at radius 2 is 1.90 bits per heavy atom. The van der Waals surface area contributed by atoms with Crippen LogP contribution in [-0.2, 0) is 13.5 Å². The summed E-state index contributed by atoms with van der Waals surface area (Å²) in [4.78, 5) is 4.10. The standard InChI is InChI=1S/C14H17F3N4/c1-3-4-18-12(7-13-19-8-20-21(13)2)9-5-10(15)14(17)11(16)6-9/h5-6,8,12,18H,3-4,7H2,1-2H3. The summed E-state index contributed by atoms with van der Waals surface area (Å²) in [6.07, 6.45) is 2.68. The lowest BCUT2D eigenvalue weighted by molar-refractivity contribution is 0.437. The third-order valence-electron chi connectivity index (χ3n) is 3.24. The molecule has 0 saturated carbocycles. The highest BCUT2D eigenvalue weighted by molar-refractivity contribution is 5.23. The Hall–Kier alpha value is -1.89. The monoisotopic (exact) mass is 298 g/mol. The van der Waals surface area contributed by atoms with E-state index in [1.807, 2.05) is 6.92 Å². The number of halogens is 3. The molecule has 0 fully saturated rings. The van der Waals surface area contributed by atoms with Crippen LogP contribution in [0, 0.1) is 17.5 Å². The van der Waals surface area contributed by atoms with Crippen molar-refractivity contribution in [3.05, 3.63) is 47.3 Å². The van der Waals surface area contributed by atoms with Gasteiger partial charge < -0.3 is 5.32 Å². The van der Waals surface area contributed by atoms with E-state index >= 15 is 0 Å². The van der Waals surface area contributed by atoms with E-state index in [-0.39, 0.29) is 6.04 Å². The first-order valence-electron chi connectivity index (χ1n) is 6.73. The fourth-order valence-corrected chi connectivity index (χ4v) is 2.09. The number of hydrogen-bond acceptors (Lipinski definition) is 3. The number of aromatic nitrogens is 3. The Morgan fingerprint density at radius 1 is 1.24 bits per heavy atom. The molecule has 1 aromatic heterocycles. The number of aryl methyl sites for hydroxylation is 1. The lowest BCUT2D eigenvalue weighted by atomic mass is 10.0. The van der Waals surface area contributed by atoms with Gasteiger partial charge in [-0.25, -0.2) is 18.2 Å². The fraction of sp³-hybridized carbons (Fsp3) is 0.429. The van der Waals surface area contributed by atoms with Gasteiger partial charge in [0.25, 0.3) is 0 Å². The van der Waals surface area contributed by atoms with Crippen LogP contribution in [0.4, 0.5) is 13.2 Å². The van der Waals surface area contributed by atoms with E-state index < -0.39 is 17.5 Å². The Labute approximate surface area is 121 Å². The SMILES string of the molecule is CCCNC(Cc1ncnn1C)c1cc(F)c(F)c(F)c1. The van der Waals surface area contributed by atoms with E-state index in [4.69, 9.17) is 0 Å². The van der Waals surface area contributed by atoms with E-state index in [0.29, 0.717) is 24.4 Å². The average molecular weight is 298 g/mol. The third kappa shape index (κ3) is 3.60. The van der Waals surface area contributed by atoms with Gasteiger partial charge in [-0.05, 0) is 30.7 Å². The van der Waals surface area contributed by atoms with Crippen molar-refractivity contribution in [3.63, 3.8) is 0 Å². The quantitative estimate of drug-likeness (QED) is 0.833. The molecule has 0 bridgehead atoms. The fourth-order valence-electron chi connectivity index (χ4n) is 2.09. The molecular weight excluding hydrogens is 281 g/mol. The minimum Gasteiger partial charge on any atom is -0.310 e. The first-order chi connectivity index (χ1) is 10.0. The van der Waals surface area contributed by atoms with Gasteiger partial charge in [0.1, 0.15) is 12.2 Å². The minimum absolute atomic E-state index is 0.350. The highest BCUT2D eigenvalue weighted by Gasteiger charge is 2.19. The zero-order chi connectivity index (χ0) is 15.4. The number of benzene rings is 1. The predicted octanol–water partition coefficient (Wildman–Crippen LogP) is 2.52. The summed E-state index contributed by atoms with van der Waals surface area (Å²) in [5.41, 5.74) is 0.350. The van der Waals surface area contributed by atoms with Crippen molar-refractivity contribution in [2.75, 3.05) is 6.54 Å². The summed E-state index contributed by atoms with van der Waals surface area (Å²) in [5, 5.41) is 7.15. The molecule has 2 rings (SSSR count). The Balaban J connectivity index is 2.29. The smallest absolute Gasteiger partial charge is 0.194 e. The normalized spacial score (nSPS) is 12.6. The van der Waals surface area contributed by atoms with Crippen molar-refractivity contribution in [1.82, 2.24) is 20.1 Å². The van der Waals surface area contributed by atoms with Gasteiger partial charge >= 0.3 is 0 Å². The van der Waals surface area contributed by atoms with Gasteiger partial charge in [0.05, 0.1) is 0 Å². The maximum Gasteiger partial charge on any atom is 0.194 e. The maximum absolute atomic E-state index is 13.4. The second-order valence-electron chi connectivity index (χ2n) is 4.81. The van der Waals surface area contributed by atoms with Crippen LogP contribution in [0.1, 0.15) is 30.8 Å². The molecule has 114 valence electrons. The molecule has 0 aliphatic rings. The highest BCUT2D eigenvalue weighted by atomic mass is 19.2. The van der Waals surface area contributed by atoms with Crippen LogP contribution in [0.25, 0.3) is 0 Å². The summed E-state index contributed by atoms with van der Waals surface area (Å²) < 4.78 is 41.5. The number of nitrogens with one attached hydrogen (secondary N) is 1. The van der Waals surface area contributed by atoms with Crippen molar-refractivity contribution < 1.29 is 13.2 Å². The predicted molar refractivity (Wildman–Crippen MR) is 72.1 cm³/mol. The zero-order valence-corrected chi connectivity index (χ0v) is 11.9. The Bertz CT molecular complexity index is 589. The lowest BCUT2D eigenvalue weighted by Gasteiger charge is -2.19. The van der Waals surface area contributed by atoms with Crippen molar-refractivity contribution in [3.8, 4) is 0 Å². The molecule has 0 aliphatic carbocycles. The second kappa shape index (κ2) is 6.71. The molecule has 0 aliphatic heterocycles. The van der Waals surface area contributed by atoms with Gasteiger partial charge in [0.2, 0.25) is 0 Å². The van der Waals surface area contributed by atoms with E-state index in [1.54, 1.807) is 11.7 Å². The Morgan fingerprint density at radius 3 is 2.43 bits per heavy atom. The van der Waals surface area contributed by atoms with Gasteiger partial charge in [-0.1, -0.05) is 6.92 Å². The molecular formula is C14H17F3N4. The van der Waals surface area contributed by atoms with Crippen molar-refractivity contribution >= 4 is 0 Å². The molecule has 0 radical (unpaired) electrons. The second-order valence-corrected chi connectivity index (χ2v) is 4.81. The molecule has 0 saturated heterocycles. The van der Waals surface area contributed by atoms with Crippen molar-refractivity contribution in [1.29, 1.82) is 0 Å².